The van der Waals surface area contributed by atoms with Crippen molar-refractivity contribution < 1.29 is 9.21 Å². The summed E-state index contributed by atoms with van der Waals surface area (Å²) < 4.78 is 4.96. The van der Waals surface area contributed by atoms with Gasteiger partial charge in [0.1, 0.15) is 6.26 Å². The van der Waals surface area contributed by atoms with Crippen molar-refractivity contribution in [2.45, 2.75) is 32.1 Å². The molecule has 1 aliphatic rings. The molecule has 1 aromatic carbocycles. The zero-order valence-electron chi connectivity index (χ0n) is 12.4. The zero-order chi connectivity index (χ0) is 15.4. The molecular formula is C18H19NO3. The third-order valence-electron chi connectivity index (χ3n) is 4.08. The Balaban J connectivity index is 1.71. The highest BCUT2D eigenvalue weighted by atomic mass is 16.4. The SMILES string of the molecule is O=C(NCCC1=CCCCC1)c1coc(=O)c2ccccc12. The van der Waals surface area contributed by atoms with Gasteiger partial charge in [-0.05, 0) is 38.2 Å². The van der Waals surface area contributed by atoms with Crippen LogP contribution in [0.5, 0.6) is 0 Å². The Morgan fingerprint density at radius 2 is 2.00 bits per heavy atom. The molecule has 0 unspecified atom stereocenters. The van der Waals surface area contributed by atoms with E-state index in [2.05, 4.69) is 11.4 Å². The average molecular weight is 297 g/mol. The van der Waals surface area contributed by atoms with Crippen molar-refractivity contribution in [3.8, 4) is 0 Å². The third kappa shape index (κ3) is 3.11. The van der Waals surface area contributed by atoms with Gasteiger partial charge in [-0.3, -0.25) is 4.79 Å². The minimum absolute atomic E-state index is 0.198. The van der Waals surface area contributed by atoms with Gasteiger partial charge in [-0.1, -0.05) is 29.8 Å². The molecule has 3 rings (SSSR count). The maximum absolute atomic E-state index is 12.3. The van der Waals surface area contributed by atoms with Crippen LogP contribution in [0, 0.1) is 0 Å². The molecule has 0 spiro atoms. The first-order chi connectivity index (χ1) is 10.8. The normalized spacial score (nSPS) is 14.6. The number of allylic oxidation sites excluding steroid dienone is 1. The molecule has 0 radical (unpaired) electrons. The molecular weight excluding hydrogens is 278 g/mol. The molecule has 22 heavy (non-hydrogen) atoms. The molecule has 0 fully saturated rings. The van der Waals surface area contributed by atoms with Crippen molar-refractivity contribution in [3.63, 3.8) is 0 Å². The number of benzene rings is 1. The van der Waals surface area contributed by atoms with E-state index in [4.69, 9.17) is 4.42 Å². The van der Waals surface area contributed by atoms with Gasteiger partial charge >= 0.3 is 5.63 Å². The maximum atomic E-state index is 12.3. The molecule has 4 nitrogen and oxygen atoms in total. The minimum Gasteiger partial charge on any atom is -0.430 e. The first kappa shape index (κ1) is 14.6. The summed E-state index contributed by atoms with van der Waals surface area (Å²) in [7, 11) is 0. The van der Waals surface area contributed by atoms with Gasteiger partial charge < -0.3 is 9.73 Å². The number of nitrogens with one attached hydrogen (secondary N) is 1. The van der Waals surface area contributed by atoms with E-state index in [1.165, 1.54) is 24.7 Å². The summed E-state index contributed by atoms with van der Waals surface area (Å²) in [5, 5.41) is 3.98. The van der Waals surface area contributed by atoms with Gasteiger partial charge in [0.15, 0.2) is 0 Å². The van der Waals surface area contributed by atoms with E-state index in [1.54, 1.807) is 18.2 Å². The number of fused-ring (bicyclic) bond motifs is 1. The Labute approximate surface area is 128 Å². The van der Waals surface area contributed by atoms with E-state index >= 15 is 0 Å². The Hall–Kier alpha value is -2.36. The van der Waals surface area contributed by atoms with Crippen molar-refractivity contribution in [2.24, 2.45) is 0 Å². The van der Waals surface area contributed by atoms with Crippen LogP contribution in [-0.2, 0) is 0 Å². The lowest BCUT2D eigenvalue weighted by Gasteiger charge is -2.13. The summed E-state index contributed by atoms with van der Waals surface area (Å²) in [5.74, 6) is -0.198. The molecule has 1 aromatic heterocycles. The van der Waals surface area contributed by atoms with Gasteiger partial charge in [0.25, 0.3) is 5.91 Å². The van der Waals surface area contributed by atoms with Crippen LogP contribution < -0.4 is 10.9 Å². The Kier molecular flexibility index (Phi) is 4.37. The van der Waals surface area contributed by atoms with E-state index in [1.807, 2.05) is 6.07 Å². The summed E-state index contributed by atoms with van der Waals surface area (Å²) in [6, 6.07) is 7.01. The van der Waals surface area contributed by atoms with E-state index < -0.39 is 5.63 Å². The van der Waals surface area contributed by atoms with Crippen molar-refractivity contribution in [1.29, 1.82) is 0 Å². The number of carbonyl (C=O) groups excluding carboxylic acids is 1. The van der Waals surface area contributed by atoms with Crippen molar-refractivity contribution >= 4 is 16.7 Å². The number of rotatable bonds is 4. The summed E-state index contributed by atoms with van der Waals surface area (Å²) in [5.41, 5.74) is 1.42. The number of hydrogen-bond acceptors (Lipinski definition) is 3. The van der Waals surface area contributed by atoms with E-state index in [-0.39, 0.29) is 5.91 Å². The molecule has 1 heterocycles. The monoisotopic (exact) mass is 297 g/mol. The van der Waals surface area contributed by atoms with Crippen LogP contribution in [0.15, 0.2) is 51.4 Å². The minimum atomic E-state index is -0.417. The van der Waals surface area contributed by atoms with E-state index in [0.717, 1.165) is 19.3 Å². The molecule has 1 N–H and O–H groups in total. The molecule has 0 saturated heterocycles. The molecule has 0 atom stereocenters. The lowest BCUT2D eigenvalue weighted by molar-refractivity contribution is 0.0953. The van der Waals surface area contributed by atoms with E-state index in [9.17, 15) is 9.59 Å². The molecule has 0 aliphatic heterocycles. The molecule has 0 saturated carbocycles. The number of amides is 1. The fraction of sp³-hybridized carbons (Fsp3) is 0.333. The lowest BCUT2D eigenvalue weighted by atomic mass is 9.97. The molecule has 2 aromatic rings. The fourth-order valence-electron chi connectivity index (χ4n) is 2.87. The quantitative estimate of drug-likeness (QED) is 0.880. The van der Waals surface area contributed by atoms with Crippen LogP contribution in [0.3, 0.4) is 0 Å². The number of carbonyl (C=O) groups is 1. The molecule has 1 aliphatic carbocycles. The van der Waals surface area contributed by atoms with Crippen LogP contribution in [0.2, 0.25) is 0 Å². The van der Waals surface area contributed by atoms with Crippen molar-refractivity contribution in [2.75, 3.05) is 6.54 Å². The Bertz CT molecular complexity index is 773. The Morgan fingerprint density at radius 3 is 2.77 bits per heavy atom. The highest BCUT2D eigenvalue weighted by Gasteiger charge is 2.13. The van der Waals surface area contributed by atoms with Crippen molar-refractivity contribution in [3.05, 3.63) is 58.2 Å². The maximum Gasteiger partial charge on any atom is 0.343 e. The predicted molar refractivity (Wildman–Crippen MR) is 86.0 cm³/mol. The standard InChI is InChI=1S/C18H19NO3/c20-17(19-11-10-13-6-2-1-3-7-13)16-12-22-18(21)15-9-5-4-8-14(15)16/h4-6,8-9,12H,1-3,7,10-11H2,(H,19,20). The summed E-state index contributed by atoms with van der Waals surface area (Å²) in [4.78, 5) is 24.0. The first-order valence-corrected chi connectivity index (χ1v) is 7.72. The highest BCUT2D eigenvalue weighted by Crippen LogP contribution is 2.19. The van der Waals surface area contributed by atoms with Crippen LogP contribution in [-0.4, -0.2) is 12.5 Å². The molecule has 0 bridgehead atoms. The van der Waals surface area contributed by atoms with Crippen LogP contribution in [0.1, 0.15) is 42.5 Å². The largest absolute Gasteiger partial charge is 0.430 e. The van der Waals surface area contributed by atoms with Gasteiger partial charge in [0, 0.05) is 11.9 Å². The topological polar surface area (TPSA) is 59.3 Å². The van der Waals surface area contributed by atoms with Crippen LogP contribution >= 0.6 is 0 Å². The van der Waals surface area contributed by atoms with E-state index in [0.29, 0.717) is 22.9 Å². The first-order valence-electron chi connectivity index (χ1n) is 7.72. The van der Waals surface area contributed by atoms with Gasteiger partial charge in [-0.25, -0.2) is 4.79 Å². The zero-order valence-corrected chi connectivity index (χ0v) is 12.4. The second-order valence-electron chi connectivity index (χ2n) is 5.60. The molecule has 4 heteroatoms. The summed E-state index contributed by atoms with van der Waals surface area (Å²) in [6.45, 7) is 0.609. The number of hydrogen-bond donors (Lipinski definition) is 1. The van der Waals surface area contributed by atoms with Gasteiger partial charge in [0.2, 0.25) is 0 Å². The molecule has 1 amide bonds. The van der Waals surface area contributed by atoms with Crippen LogP contribution in [0.4, 0.5) is 0 Å². The summed E-state index contributed by atoms with van der Waals surface area (Å²) in [6.07, 6.45) is 9.23. The van der Waals surface area contributed by atoms with Crippen LogP contribution in [0.25, 0.3) is 10.8 Å². The smallest absolute Gasteiger partial charge is 0.343 e. The Morgan fingerprint density at radius 1 is 1.18 bits per heavy atom. The second kappa shape index (κ2) is 6.60. The molecule has 114 valence electrons. The lowest BCUT2D eigenvalue weighted by Crippen LogP contribution is -2.25. The second-order valence-corrected chi connectivity index (χ2v) is 5.60. The fourth-order valence-corrected chi connectivity index (χ4v) is 2.87. The van der Waals surface area contributed by atoms with Gasteiger partial charge in [-0.15, -0.1) is 0 Å². The van der Waals surface area contributed by atoms with Crippen molar-refractivity contribution in [1.82, 2.24) is 5.32 Å². The van der Waals surface area contributed by atoms with Gasteiger partial charge in [0.05, 0.1) is 10.9 Å². The third-order valence-corrected chi connectivity index (χ3v) is 4.08. The average Bonchev–Trinajstić information content (AvgIpc) is 2.56. The predicted octanol–water partition coefficient (Wildman–Crippen LogP) is 3.41. The summed E-state index contributed by atoms with van der Waals surface area (Å²) >= 11 is 0. The van der Waals surface area contributed by atoms with Gasteiger partial charge in [-0.2, -0.15) is 0 Å². The highest BCUT2D eigenvalue weighted by molar-refractivity contribution is 6.06.